The van der Waals surface area contributed by atoms with Gasteiger partial charge in [-0.2, -0.15) is 4.31 Å². The van der Waals surface area contributed by atoms with Crippen LogP contribution in [0.4, 0.5) is 0 Å². The van der Waals surface area contributed by atoms with Gasteiger partial charge in [0.1, 0.15) is 0 Å². The Kier molecular flexibility index (Phi) is 6.59. The molecule has 0 fully saturated rings. The molecule has 0 radical (unpaired) electrons. The predicted molar refractivity (Wildman–Crippen MR) is 64.6 cm³/mol. The summed E-state index contributed by atoms with van der Waals surface area (Å²) in [5.74, 6) is -0.160. The average Bonchev–Trinajstić information content (AvgIpc) is 2.12. The second-order valence-corrected chi connectivity index (χ2v) is 6.05. The van der Waals surface area contributed by atoms with Gasteiger partial charge in [0.25, 0.3) is 0 Å². The van der Waals surface area contributed by atoms with Gasteiger partial charge in [0, 0.05) is 12.6 Å². The van der Waals surface area contributed by atoms with Crippen molar-refractivity contribution in [1.82, 2.24) is 9.62 Å². The summed E-state index contributed by atoms with van der Waals surface area (Å²) in [6, 6.07) is 0.0279. The van der Waals surface area contributed by atoms with E-state index in [1.54, 1.807) is 13.8 Å². The van der Waals surface area contributed by atoms with Crippen LogP contribution in [0, 0.1) is 0 Å². The number of amides is 1. The standard InChI is InChI=1S/C10H22N2O3S/c1-5-7-16(14,15)12(6-2)8-10(13)11-9(3)4/h9H,5-8H2,1-4H3,(H,11,13). The Labute approximate surface area is 98.3 Å². The number of rotatable bonds is 7. The zero-order valence-corrected chi connectivity index (χ0v) is 11.3. The van der Waals surface area contributed by atoms with E-state index >= 15 is 0 Å². The first-order chi connectivity index (χ1) is 7.33. The summed E-state index contributed by atoms with van der Waals surface area (Å²) in [6.45, 7) is 7.46. The van der Waals surface area contributed by atoms with Crippen molar-refractivity contribution >= 4 is 15.9 Å². The summed E-state index contributed by atoms with van der Waals surface area (Å²) in [6.07, 6.45) is 0.560. The van der Waals surface area contributed by atoms with E-state index in [4.69, 9.17) is 0 Å². The number of nitrogens with one attached hydrogen (secondary N) is 1. The van der Waals surface area contributed by atoms with Crippen LogP contribution in [0.5, 0.6) is 0 Å². The second-order valence-electron chi connectivity index (χ2n) is 3.96. The number of likely N-dealkylation sites (N-methyl/N-ethyl adjacent to an activating group) is 1. The van der Waals surface area contributed by atoms with Crippen molar-refractivity contribution in [1.29, 1.82) is 0 Å². The number of carbonyl (C=O) groups is 1. The molecule has 0 spiro atoms. The molecule has 0 aliphatic rings. The van der Waals surface area contributed by atoms with Gasteiger partial charge in [-0.1, -0.05) is 13.8 Å². The van der Waals surface area contributed by atoms with Gasteiger partial charge in [0.15, 0.2) is 0 Å². The molecule has 96 valence electrons. The van der Waals surface area contributed by atoms with Gasteiger partial charge in [-0.3, -0.25) is 4.79 Å². The molecule has 0 aromatic rings. The molecule has 0 aliphatic heterocycles. The first kappa shape index (κ1) is 15.4. The lowest BCUT2D eigenvalue weighted by atomic mass is 10.4. The monoisotopic (exact) mass is 250 g/mol. The Morgan fingerprint density at radius 3 is 2.25 bits per heavy atom. The minimum Gasteiger partial charge on any atom is -0.353 e. The van der Waals surface area contributed by atoms with E-state index in [9.17, 15) is 13.2 Å². The fraction of sp³-hybridized carbons (Fsp3) is 0.900. The normalized spacial score (nSPS) is 12.1. The Hall–Kier alpha value is -0.620. The van der Waals surface area contributed by atoms with Crippen LogP contribution in [0.25, 0.3) is 0 Å². The van der Waals surface area contributed by atoms with Gasteiger partial charge in [0.05, 0.1) is 12.3 Å². The summed E-state index contributed by atoms with van der Waals surface area (Å²) >= 11 is 0. The highest BCUT2D eigenvalue weighted by molar-refractivity contribution is 7.89. The third-order valence-electron chi connectivity index (χ3n) is 1.98. The van der Waals surface area contributed by atoms with Crippen LogP contribution < -0.4 is 5.32 Å². The minimum atomic E-state index is -3.28. The lowest BCUT2D eigenvalue weighted by Crippen LogP contribution is -2.43. The number of sulfonamides is 1. The molecule has 0 bridgehead atoms. The Bertz CT molecular complexity index is 312. The fourth-order valence-corrected chi connectivity index (χ4v) is 2.80. The average molecular weight is 250 g/mol. The zero-order chi connectivity index (χ0) is 12.8. The summed E-state index contributed by atoms with van der Waals surface area (Å²) in [5.41, 5.74) is 0. The Morgan fingerprint density at radius 2 is 1.88 bits per heavy atom. The second kappa shape index (κ2) is 6.85. The molecule has 6 heteroatoms. The van der Waals surface area contributed by atoms with E-state index in [2.05, 4.69) is 5.32 Å². The molecule has 0 aliphatic carbocycles. The first-order valence-electron chi connectivity index (χ1n) is 5.60. The highest BCUT2D eigenvalue weighted by Crippen LogP contribution is 2.02. The third-order valence-corrected chi connectivity index (χ3v) is 4.08. The SMILES string of the molecule is CCCS(=O)(=O)N(CC)CC(=O)NC(C)C. The quantitative estimate of drug-likeness (QED) is 0.718. The topological polar surface area (TPSA) is 66.5 Å². The van der Waals surface area contributed by atoms with Crippen molar-refractivity contribution in [2.24, 2.45) is 0 Å². The molecular weight excluding hydrogens is 228 g/mol. The van der Waals surface area contributed by atoms with Crippen LogP contribution in [0.3, 0.4) is 0 Å². The van der Waals surface area contributed by atoms with E-state index in [-0.39, 0.29) is 24.2 Å². The smallest absolute Gasteiger partial charge is 0.235 e. The number of hydrogen-bond donors (Lipinski definition) is 1. The molecule has 0 rings (SSSR count). The molecule has 16 heavy (non-hydrogen) atoms. The molecule has 5 nitrogen and oxygen atoms in total. The Morgan fingerprint density at radius 1 is 1.31 bits per heavy atom. The number of nitrogens with zero attached hydrogens (tertiary/aromatic N) is 1. The van der Waals surface area contributed by atoms with E-state index < -0.39 is 10.0 Å². The van der Waals surface area contributed by atoms with E-state index in [1.807, 2.05) is 13.8 Å². The van der Waals surface area contributed by atoms with Crippen molar-refractivity contribution in [3.05, 3.63) is 0 Å². The van der Waals surface area contributed by atoms with Crippen LogP contribution in [0.2, 0.25) is 0 Å². The lowest BCUT2D eigenvalue weighted by Gasteiger charge is -2.20. The summed E-state index contributed by atoms with van der Waals surface area (Å²) < 4.78 is 24.7. The highest BCUT2D eigenvalue weighted by atomic mass is 32.2. The molecule has 0 atom stereocenters. The molecule has 0 heterocycles. The first-order valence-corrected chi connectivity index (χ1v) is 7.21. The number of carbonyl (C=O) groups excluding carboxylic acids is 1. The molecular formula is C10H22N2O3S. The summed E-state index contributed by atoms with van der Waals surface area (Å²) in [4.78, 5) is 11.5. The van der Waals surface area contributed by atoms with Crippen LogP contribution in [0.15, 0.2) is 0 Å². The van der Waals surface area contributed by atoms with Gasteiger partial charge in [0.2, 0.25) is 15.9 Å². The van der Waals surface area contributed by atoms with Gasteiger partial charge >= 0.3 is 0 Å². The predicted octanol–water partition coefficient (Wildman–Crippen LogP) is 0.573. The molecule has 0 saturated carbocycles. The zero-order valence-electron chi connectivity index (χ0n) is 10.5. The summed E-state index contributed by atoms with van der Waals surface area (Å²) in [7, 11) is -3.28. The van der Waals surface area contributed by atoms with E-state index in [0.29, 0.717) is 13.0 Å². The van der Waals surface area contributed by atoms with Crippen LogP contribution in [0.1, 0.15) is 34.1 Å². The minimum absolute atomic E-state index is 0.0279. The van der Waals surface area contributed by atoms with Crippen molar-refractivity contribution < 1.29 is 13.2 Å². The summed E-state index contributed by atoms with van der Waals surface area (Å²) in [5, 5.41) is 2.68. The maximum Gasteiger partial charge on any atom is 0.235 e. The maximum atomic E-state index is 11.7. The fourth-order valence-electron chi connectivity index (χ4n) is 1.32. The molecule has 1 amide bonds. The maximum absolute atomic E-state index is 11.7. The third kappa shape index (κ3) is 5.46. The number of hydrogen-bond acceptors (Lipinski definition) is 3. The van der Waals surface area contributed by atoms with E-state index in [1.165, 1.54) is 4.31 Å². The Balaban J connectivity index is 4.47. The molecule has 1 N–H and O–H groups in total. The van der Waals surface area contributed by atoms with Gasteiger partial charge in [-0.15, -0.1) is 0 Å². The van der Waals surface area contributed by atoms with Crippen molar-refractivity contribution in [3.8, 4) is 0 Å². The molecule has 0 saturated heterocycles. The van der Waals surface area contributed by atoms with Crippen molar-refractivity contribution in [2.45, 2.75) is 40.2 Å². The van der Waals surface area contributed by atoms with Crippen molar-refractivity contribution in [3.63, 3.8) is 0 Å². The van der Waals surface area contributed by atoms with Crippen molar-refractivity contribution in [2.75, 3.05) is 18.8 Å². The van der Waals surface area contributed by atoms with Crippen LogP contribution in [-0.2, 0) is 14.8 Å². The van der Waals surface area contributed by atoms with Gasteiger partial charge in [-0.25, -0.2) is 8.42 Å². The van der Waals surface area contributed by atoms with Gasteiger partial charge < -0.3 is 5.32 Å². The molecule has 0 aromatic carbocycles. The largest absolute Gasteiger partial charge is 0.353 e. The van der Waals surface area contributed by atoms with E-state index in [0.717, 1.165) is 0 Å². The molecule has 0 unspecified atom stereocenters. The van der Waals surface area contributed by atoms with Crippen LogP contribution in [-0.4, -0.2) is 43.5 Å². The lowest BCUT2D eigenvalue weighted by molar-refractivity contribution is -0.121. The molecule has 0 aromatic heterocycles. The van der Waals surface area contributed by atoms with Gasteiger partial charge in [-0.05, 0) is 20.3 Å². The van der Waals surface area contributed by atoms with Crippen LogP contribution >= 0.6 is 0 Å². The highest BCUT2D eigenvalue weighted by Gasteiger charge is 2.21.